The van der Waals surface area contributed by atoms with E-state index in [9.17, 15) is 15.2 Å². The molecule has 0 aliphatic carbocycles. The maximum Gasteiger partial charge on any atom is 0.410 e. The summed E-state index contributed by atoms with van der Waals surface area (Å²) < 4.78 is 12.6. The summed E-state index contributed by atoms with van der Waals surface area (Å²) in [6.07, 6.45) is 1.94. The highest BCUT2D eigenvalue weighted by Crippen LogP contribution is 2.37. The Morgan fingerprint density at radius 2 is 2.09 bits per heavy atom. The van der Waals surface area contributed by atoms with E-state index in [0.717, 1.165) is 47.4 Å². The molecule has 0 radical (unpaired) electrons. The molecular formula is C25H28N6O4. The fraction of sp³-hybridized carbons (Fsp3) is 0.440. The Kier molecular flexibility index (Phi) is 5.94. The Labute approximate surface area is 203 Å². The third-order valence-electron chi connectivity index (χ3n) is 6.58. The number of aliphatic hydroxyl groups excluding tert-OH is 1. The number of hydrogen-bond donors (Lipinski definition) is 1. The van der Waals surface area contributed by atoms with Gasteiger partial charge < -0.3 is 19.5 Å². The van der Waals surface area contributed by atoms with Gasteiger partial charge in [-0.1, -0.05) is 0 Å². The van der Waals surface area contributed by atoms with Crippen LogP contribution in [-0.4, -0.2) is 75.4 Å². The molecule has 1 amide bonds. The summed E-state index contributed by atoms with van der Waals surface area (Å²) in [7, 11) is 1.79. The van der Waals surface area contributed by atoms with E-state index in [-0.39, 0.29) is 24.8 Å². The van der Waals surface area contributed by atoms with Gasteiger partial charge in [0.15, 0.2) is 5.69 Å². The topological polar surface area (TPSA) is 117 Å². The molecule has 3 aliphatic rings. The van der Waals surface area contributed by atoms with Crippen molar-refractivity contribution in [2.24, 2.45) is 7.05 Å². The highest BCUT2D eigenvalue weighted by molar-refractivity contribution is 5.99. The minimum absolute atomic E-state index is 0.144. The molecule has 35 heavy (non-hydrogen) atoms. The molecule has 3 fully saturated rings. The minimum Gasteiger partial charge on any atom is -0.491 e. The molecule has 10 nitrogen and oxygen atoms in total. The van der Waals surface area contributed by atoms with Crippen LogP contribution < -0.4 is 9.64 Å². The summed E-state index contributed by atoms with van der Waals surface area (Å²) in [4.78, 5) is 20.9. The van der Waals surface area contributed by atoms with Gasteiger partial charge in [0.1, 0.15) is 24.2 Å². The molecule has 0 spiro atoms. The van der Waals surface area contributed by atoms with Gasteiger partial charge in [-0.05, 0) is 44.0 Å². The molecule has 182 valence electrons. The molecule has 10 heteroatoms. The summed E-state index contributed by atoms with van der Waals surface area (Å²) in [5.41, 5.74) is 2.72. The summed E-state index contributed by atoms with van der Waals surface area (Å²) in [6.45, 7) is 5.46. The zero-order valence-electron chi connectivity index (χ0n) is 20.0. The van der Waals surface area contributed by atoms with Crippen molar-refractivity contribution < 1.29 is 19.4 Å². The van der Waals surface area contributed by atoms with E-state index in [4.69, 9.17) is 14.5 Å². The van der Waals surface area contributed by atoms with Crippen molar-refractivity contribution in [1.82, 2.24) is 19.7 Å². The van der Waals surface area contributed by atoms with Crippen LogP contribution in [-0.2, 0) is 11.8 Å². The number of rotatable bonds is 6. The number of hydrogen-bond acceptors (Lipinski definition) is 8. The van der Waals surface area contributed by atoms with E-state index in [2.05, 4.69) is 16.1 Å². The molecular weight excluding hydrogens is 448 g/mol. The number of nitrogens with zero attached hydrogens (tertiary/aromatic N) is 6. The first-order valence-electron chi connectivity index (χ1n) is 11.8. The van der Waals surface area contributed by atoms with E-state index in [1.54, 1.807) is 24.9 Å². The average Bonchev–Trinajstić information content (AvgIpc) is 3.18. The lowest BCUT2D eigenvalue weighted by Crippen LogP contribution is -2.70. The van der Waals surface area contributed by atoms with Crippen LogP contribution in [0.3, 0.4) is 0 Å². The number of benzene rings is 1. The number of carbonyl (C=O) groups is 1. The van der Waals surface area contributed by atoms with Crippen LogP contribution in [0.25, 0.3) is 22.0 Å². The summed E-state index contributed by atoms with van der Waals surface area (Å²) >= 11 is 0. The molecule has 1 N–H and O–H groups in total. The van der Waals surface area contributed by atoms with Crippen LogP contribution in [0.15, 0.2) is 30.5 Å². The van der Waals surface area contributed by atoms with Gasteiger partial charge in [-0.15, -0.1) is 0 Å². The first kappa shape index (κ1) is 22.9. The van der Waals surface area contributed by atoms with Gasteiger partial charge >= 0.3 is 6.09 Å². The van der Waals surface area contributed by atoms with Crippen molar-refractivity contribution in [3.05, 3.63) is 36.2 Å². The monoisotopic (exact) mass is 476 g/mol. The van der Waals surface area contributed by atoms with Gasteiger partial charge in [0.25, 0.3) is 0 Å². The van der Waals surface area contributed by atoms with Gasteiger partial charge in [0.05, 0.1) is 30.3 Å². The Bertz CT molecular complexity index is 1280. The van der Waals surface area contributed by atoms with Gasteiger partial charge in [0.2, 0.25) is 0 Å². The predicted octanol–water partition coefficient (Wildman–Crippen LogP) is 2.69. The lowest BCUT2D eigenvalue weighted by Gasteiger charge is -2.55. The Morgan fingerprint density at radius 3 is 2.71 bits per heavy atom. The van der Waals surface area contributed by atoms with Gasteiger partial charge in [0, 0.05) is 43.4 Å². The molecule has 1 aromatic carbocycles. The Hall–Kier alpha value is -3.84. The number of piperidine rings is 1. The highest BCUT2D eigenvalue weighted by atomic mass is 16.6. The van der Waals surface area contributed by atoms with Crippen LogP contribution in [0, 0.1) is 11.3 Å². The number of aliphatic hydroxyl groups is 1. The normalized spacial score (nSPS) is 19.7. The third kappa shape index (κ3) is 4.12. The lowest BCUT2D eigenvalue weighted by molar-refractivity contribution is -0.00325. The molecule has 2 aromatic heterocycles. The summed E-state index contributed by atoms with van der Waals surface area (Å²) in [6, 6.07) is 10.1. The first-order valence-corrected chi connectivity index (χ1v) is 11.8. The SMILES string of the molecule is CCOC(=O)N1C2CC1CN(c1ccc(-c3cc(OC[C@@H](C)O)cc4c3c(C#N)nn4C)cn1)C2. The zero-order chi connectivity index (χ0) is 24.7. The molecule has 3 aromatic rings. The van der Waals surface area contributed by atoms with Crippen molar-refractivity contribution in [3.63, 3.8) is 0 Å². The predicted molar refractivity (Wildman–Crippen MR) is 129 cm³/mol. The molecule has 3 saturated heterocycles. The highest BCUT2D eigenvalue weighted by Gasteiger charge is 2.48. The minimum atomic E-state index is -0.605. The molecule has 2 bridgehead atoms. The van der Waals surface area contributed by atoms with E-state index in [1.165, 1.54) is 0 Å². The summed E-state index contributed by atoms with van der Waals surface area (Å²) in [5.74, 6) is 1.43. The molecule has 2 unspecified atom stereocenters. The standard InChI is InChI=1S/C25H28N6O4/c1-4-34-25(33)31-17-7-18(31)13-30(12-17)23-6-5-16(11-27-23)20-8-19(35-14-15(2)32)9-22-24(20)21(10-26)28-29(22)3/h5-6,8-9,11,15,17-18,32H,4,7,12-14H2,1-3H3/t15-,17?,18?/m1/s1. The number of aromatic nitrogens is 3. The fourth-order valence-corrected chi connectivity index (χ4v) is 4.99. The van der Waals surface area contributed by atoms with Crippen LogP contribution >= 0.6 is 0 Å². The largest absolute Gasteiger partial charge is 0.491 e. The van der Waals surface area contributed by atoms with Crippen LogP contribution in [0.2, 0.25) is 0 Å². The molecule has 0 saturated carbocycles. The second kappa shape index (κ2) is 9.07. The summed E-state index contributed by atoms with van der Waals surface area (Å²) in [5, 5.41) is 24.4. The van der Waals surface area contributed by atoms with Crippen molar-refractivity contribution in [3.8, 4) is 22.9 Å². The quantitative estimate of drug-likeness (QED) is 0.577. The number of aryl methyl sites for hydroxylation is 1. The first-order chi connectivity index (χ1) is 16.9. The number of nitriles is 1. The number of anilines is 1. The van der Waals surface area contributed by atoms with E-state index in [0.29, 0.717) is 18.1 Å². The fourth-order valence-electron chi connectivity index (χ4n) is 4.99. The smallest absolute Gasteiger partial charge is 0.410 e. The van der Waals surface area contributed by atoms with Crippen LogP contribution in [0.5, 0.6) is 5.75 Å². The molecule has 3 atom stereocenters. The van der Waals surface area contributed by atoms with Gasteiger partial charge in [-0.2, -0.15) is 10.4 Å². The van der Waals surface area contributed by atoms with Crippen LogP contribution in [0.4, 0.5) is 10.6 Å². The lowest BCUT2D eigenvalue weighted by atomic mass is 9.88. The van der Waals surface area contributed by atoms with E-state index >= 15 is 0 Å². The molecule has 5 heterocycles. The van der Waals surface area contributed by atoms with Crippen molar-refractivity contribution in [2.75, 3.05) is 31.2 Å². The van der Waals surface area contributed by atoms with E-state index in [1.807, 2.05) is 36.1 Å². The van der Waals surface area contributed by atoms with Crippen molar-refractivity contribution in [2.45, 2.75) is 38.5 Å². The number of piperazine rings is 1. The van der Waals surface area contributed by atoms with Gasteiger partial charge in [-0.3, -0.25) is 9.58 Å². The second-order valence-electron chi connectivity index (χ2n) is 9.07. The Balaban J connectivity index is 1.42. The van der Waals surface area contributed by atoms with Gasteiger partial charge in [-0.25, -0.2) is 9.78 Å². The maximum atomic E-state index is 12.2. The number of fused-ring (bicyclic) bond motifs is 3. The maximum absolute atomic E-state index is 12.2. The van der Waals surface area contributed by atoms with Crippen molar-refractivity contribution >= 4 is 22.8 Å². The van der Waals surface area contributed by atoms with Crippen LogP contribution in [0.1, 0.15) is 26.0 Å². The second-order valence-corrected chi connectivity index (χ2v) is 9.07. The average molecular weight is 477 g/mol. The Morgan fingerprint density at radius 1 is 1.31 bits per heavy atom. The molecule has 3 aliphatic heterocycles. The zero-order valence-corrected chi connectivity index (χ0v) is 20.0. The third-order valence-corrected chi connectivity index (χ3v) is 6.58. The van der Waals surface area contributed by atoms with E-state index < -0.39 is 6.10 Å². The number of ether oxygens (including phenoxy) is 2. The number of carbonyl (C=O) groups excluding carboxylic acids is 1. The van der Waals surface area contributed by atoms with Crippen molar-refractivity contribution in [1.29, 1.82) is 5.26 Å². The molecule has 6 rings (SSSR count). The number of amides is 1. The number of pyridine rings is 1.